The first-order valence-electron chi connectivity index (χ1n) is 7.20. The number of methoxy groups -OCH3 is 1. The van der Waals surface area contributed by atoms with E-state index in [4.69, 9.17) is 9.15 Å². The van der Waals surface area contributed by atoms with Crippen LogP contribution in [-0.2, 0) is 9.84 Å². The molecule has 2 aromatic carbocycles. The molecule has 3 aromatic rings. The third-order valence-corrected chi connectivity index (χ3v) is 5.41. The molecular formula is C18H13BrO5S. The smallest absolute Gasteiger partial charge is 0.355 e. The van der Waals surface area contributed by atoms with Crippen molar-refractivity contribution in [3.63, 3.8) is 0 Å². The van der Waals surface area contributed by atoms with Crippen molar-refractivity contribution >= 4 is 42.8 Å². The van der Waals surface area contributed by atoms with Crippen LogP contribution in [0, 0.1) is 0 Å². The van der Waals surface area contributed by atoms with Gasteiger partial charge in [0.2, 0.25) is 9.84 Å². The molecular weight excluding hydrogens is 408 g/mol. The Morgan fingerprint density at radius 3 is 2.48 bits per heavy atom. The van der Waals surface area contributed by atoms with Crippen molar-refractivity contribution in [3.8, 4) is 5.75 Å². The van der Waals surface area contributed by atoms with E-state index in [-0.39, 0.29) is 0 Å². The Balaban J connectivity index is 2.01. The maximum Gasteiger partial charge on any atom is 0.355 e. The van der Waals surface area contributed by atoms with Gasteiger partial charge in [0.05, 0.1) is 7.11 Å². The Kier molecular flexibility index (Phi) is 4.78. The fourth-order valence-corrected chi connectivity index (χ4v) is 3.66. The zero-order chi connectivity index (χ0) is 18.0. The Bertz CT molecular complexity index is 1110. The lowest BCUT2D eigenvalue weighted by Gasteiger charge is -2.02. The summed E-state index contributed by atoms with van der Waals surface area (Å²) in [5.74, 6) is 0.667. The van der Waals surface area contributed by atoms with Gasteiger partial charge in [-0.25, -0.2) is 13.2 Å². The van der Waals surface area contributed by atoms with Gasteiger partial charge in [0.25, 0.3) is 0 Å². The first-order chi connectivity index (χ1) is 11.9. The van der Waals surface area contributed by atoms with Gasteiger partial charge in [-0.15, -0.1) is 0 Å². The molecule has 0 spiro atoms. The monoisotopic (exact) mass is 420 g/mol. The van der Waals surface area contributed by atoms with Crippen LogP contribution in [0.15, 0.2) is 72.5 Å². The largest absolute Gasteiger partial charge is 0.497 e. The lowest BCUT2D eigenvalue weighted by Crippen LogP contribution is -2.11. The van der Waals surface area contributed by atoms with Crippen LogP contribution >= 0.6 is 15.9 Å². The number of rotatable bonds is 4. The molecule has 25 heavy (non-hydrogen) atoms. The Morgan fingerprint density at radius 1 is 1.08 bits per heavy atom. The van der Waals surface area contributed by atoms with Crippen LogP contribution in [0.5, 0.6) is 5.75 Å². The minimum absolute atomic E-state index is 0.325. The highest BCUT2D eigenvalue weighted by Gasteiger charge is 2.18. The Morgan fingerprint density at radius 2 is 1.80 bits per heavy atom. The minimum Gasteiger partial charge on any atom is -0.497 e. The molecule has 3 rings (SSSR count). The molecule has 0 N–H and O–H groups in total. The van der Waals surface area contributed by atoms with E-state index in [1.165, 1.54) is 12.1 Å². The Labute approximate surface area is 152 Å². The second-order valence-corrected chi connectivity index (χ2v) is 7.92. The summed E-state index contributed by atoms with van der Waals surface area (Å²) in [6.45, 7) is 0. The van der Waals surface area contributed by atoms with Crippen molar-refractivity contribution in [1.82, 2.24) is 0 Å². The predicted octanol–water partition coefficient (Wildman–Crippen LogP) is 4.01. The van der Waals surface area contributed by atoms with Crippen molar-refractivity contribution in [2.45, 2.75) is 4.90 Å². The van der Waals surface area contributed by atoms with Crippen molar-refractivity contribution < 1.29 is 17.6 Å². The second-order valence-electron chi connectivity index (χ2n) is 5.20. The van der Waals surface area contributed by atoms with E-state index in [1.54, 1.807) is 49.6 Å². The highest BCUT2D eigenvalue weighted by molar-refractivity contribution is 9.10. The van der Waals surface area contributed by atoms with Gasteiger partial charge in [0.15, 0.2) is 4.90 Å². The first kappa shape index (κ1) is 17.4. The fourth-order valence-electron chi connectivity index (χ4n) is 2.23. The van der Waals surface area contributed by atoms with Gasteiger partial charge in [-0.3, -0.25) is 0 Å². The third-order valence-electron chi connectivity index (χ3n) is 3.52. The van der Waals surface area contributed by atoms with Gasteiger partial charge in [-0.05, 0) is 48.0 Å². The van der Waals surface area contributed by atoms with Gasteiger partial charge in [-0.2, -0.15) is 0 Å². The summed E-state index contributed by atoms with van der Waals surface area (Å²) in [5.41, 5.74) is 0.0952. The molecule has 0 bridgehead atoms. The van der Waals surface area contributed by atoms with E-state index in [9.17, 15) is 13.2 Å². The summed E-state index contributed by atoms with van der Waals surface area (Å²) in [5, 5.41) is 1.51. The highest BCUT2D eigenvalue weighted by atomic mass is 79.9. The van der Waals surface area contributed by atoms with Crippen LogP contribution in [0.2, 0.25) is 0 Å². The molecule has 128 valence electrons. The summed E-state index contributed by atoms with van der Waals surface area (Å²) < 4.78 is 35.9. The lowest BCUT2D eigenvalue weighted by atomic mass is 10.2. The van der Waals surface area contributed by atoms with E-state index in [0.717, 1.165) is 9.88 Å². The normalized spacial score (nSPS) is 11.9. The third kappa shape index (κ3) is 3.83. The van der Waals surface area contributed by atoms with E-state index >= 15 is 0 Å². The van der Waals surface area contributed by atoms with Crippen molar-refractivity contribution in [2.75, 3.05) is 7.11 Å². The lowest BCUT2D eigenvalue weighted by molar-refractivity contribution is 0.415. The molecule has 0 radical (unpaired) electrons. The molecule has 0 aliphatic heterocycles. The maximum atomic E-state index is 12.5. The first-order valence-corrected chi connectivity index (χ1v) is 9.53. The van der Waals surface area contributed by atoms with Gasteiger partial charge in [0, 0.05) is 15.3 Å². The standard InChI is InChI=1S/C18H13BrO5S/c1-23-15-5-2-12(3-6-15)8-9-25(21,22)17-11-13-10-14(19)4-7-16(13)24-18(17)20/h2-11H,1H3/b9-8-. The van der Waals surface area contributed by atoms with E-state index < -0.39 is 20.4 Å². The molecule has 0 aliphatic rings. The van der Waals surface area contributed by atoms with Gasteiger partial charge in [-0.1, -0.05) is 28.1 Å². The Hall–Kier alpha value is -2.38. The zero-order valence-corrected chi connectivity index (χ0v) is 15.5. The molecule has 0 saturated heterocycles. The molecule has 0 atom stereocenters. The minimum atomic E-state index is -3.94. The summed E-state index contributed by atoms with van der Waals surface area (Å²) >= 11 is 3.31. The van der Waals surface area contributed by atoms with Crippen molar-refractivity contribution in [1.29, 1.82) is 0 Å². The van der Waals surface area contributed by atoms with Crippen LogP contribution in [0.4, 0.5) is 0 Å². The van der Waals surface area contributed by atoms with Crippen LogP contribution in [0.25, 0.3) is 17.0 Å². The van der Waals surface area contributed by atoms with E-state index in [1.807, 2.05) is 0 Å². The van der Waals surface area contributed by atoms with Crippen LogP contribution in [-0.4, -0.2) is 15.5 Å². The molecule has 0 saturated carbocycles. The van der Waals surface area contributed by atoms with Gasteiger partial charge < -0.3 is 9.15 Å². The quantitative estimate of drug-likeness (QED) is 0.596. The topological polar surface area (TPSA) is 73.6 Å². The number of halogens is 1. The van der Waals surface area contributed by atoms with Crippen molar-refractivity contribution in [2.24, 2.45) is 0 Å². The zero-order valence-electron chi connectivity index (χ0n) is 13.1. The molecule has 0 fully saturated rings. The number of hydrogen-bond acceptors (Lipinski definition) is 5. The maximum absolute atomic E-state index is 12.5. The average molecular weight is 421 g/mol. The van der Waals surface area contributed by atoms with Crippen molar-refractivity contribution in [3.05, 3.63) is 74.4 Å². The van der Waals surface area contributed by atoms with Crippen LogP contribution < -0.4 is 10.4 Å². The second kappa shape index (κ2) is 6.85. The van der Waals surface area contributed by atoms with Crippen LogP contribution in [0.3, 0.4) is 0 Å². The van der Waals surface area contributed by atoms with E-state index in [2.05, 4.69) is 15.9 Å². The summed E-state index contributed by atoms with van der Waals surface area (Å²) in [7, 11) is -2.39. The van der Waals surface area contributed by atoms with Gasteiger partial charge >= 0.3 is 5.63 Å². The molecule has 0 aliphatic carbocycles. The number of fused-ring (bicyclic) bond motifs is 1. The molecule has 0 amide bonds. The average Bonchev–Trinajstić information content (AvgIpc) is 2.60. The van der Waals surface area contributed by atoms with Crippen LogP contribution in [0.1, 0.15) is 5.56 Å². The molecule has 0 unspecified atom stereocenters. The van der Waals surface area contributed by atoms with E-state index in [0.29, 0.717) is 22.3 Å². The molecule has 7 heteroatoms. The summed E-state index contributed by atoms with van der Waals surface area (Å²) in [6.07, 6.45) is 1.42. The highest BCUT2D eigenvalue weighted by Crippen LogP contribution is 2.22. The number of ether oxygens (including phenoxy) is 1. The predicted molar refractivity (Wildman–Crippen MR) is 99.4 cm³/mol. The molecule has 5 nitrogen and oxygen atoms in total. The number of benzene rings is 2. The molecule has 1 aromatic heterocycles. The summed E-state index contributed by atoms with van der Waals surface area (Å²) in [4.78, 5) is 11.7. The number of sulfone groups is 1. The molecule has 1 heterocycles. The summed E-state index contributed by atoms with van der Waals surface area (Å²) in [6, 6.07) is 13.2. The fraction of sp³-hybridized carbons (Fsp3) is 0.0556. The SMILES string of the molecule is COc1ccc(/C=C\S(=O)(=O)c2cc3cc(Br)ccc3oc2=O)cc1. The number of hydrogen-bond donors (Lipinski definition) is 0. The van der Waals surface area contributed by atoms with Gasteiger partial charge in [0.1, 0.15) is 11.3 Å².